The molecule has 5 nitrogen and oxygen atoms in total. The van der Waals surface area contributed by atoms with E-state index in [-0.39, 0.29) is 132 Å². The quantitative estimate of drug-likeness (QED) is 0.237. The van der Waals surface area contributed by atoms with Gasteiger partial charge in [0.05, 0.1) is 0 Å². The predicted molar refractivity (Wildman–Crippen MR) is 32.7 cm³/mol. The number of rotatable bonds is 4. The number of hydrogen-bond donors (Lipinski definition) is 0. The molecule has 0 unspecified atom stereocenters. The topological polar surface area (TPSA) is 73.3 Å². The average Bonchev–Trinajstić information content (AvgIpc) is 2.06. The van der Waals surface area contributed by atoms with Crippen molar-refractivity contribution in [3.8, 4) is 0 Å². The van der Waals surface area contributed by atoms with Gasteiger partial charge < -0.3 is 0 Å². The van der Waals surface area contributed by atoms with Gasteiger partial charge in [0.25, 0.3) is 0 Å². The van der Waals surface area contributed by atoms with E-state index in [4.69, 9.17) is 5.41 Å². The van der Waals surface area contributed by atoms with Crippen LogP contribution in [0, 0.1) is 0 Å². The zero-order valence-corrected chi connectivity index (χ0v) is 31.9. The van der Waals surface area contributed by atoms with E-state index >= 15 is 0 Å². The molecule has 18 heavy (non-hydrogen) atoms. The van der Waals surface area contributed by atoms with Crippen LogP contribution in [0.5, 0.6) is 0 Å². The zero-order valence-electron chi connectivity index (χ0n) is 8.42. The first-order valence-electron chi connectivity index (χ1n) is 2.65. The van der Waals surface area contributed by atoms with Crippen molar-refractivity contribution in [2.45, 2.75) is 6.92 Å². The molecule has 0 aliphatic heterocycles. The molecule has 0 amide bonds. The molecule has 0 heterocycles. The zero-order chi connectivity index (χ0) is 9.56. The molecule has 0 fully saturated rings. The Balaban J connectivity index is -0.0000000403. The Morgan fingerprint density at radius 1 is 1.06 bits per heavy atom. The molecule has 0 bridgehead atoms. The van der Waals surface area contributed by atoms with Gasteiger partial charge in [-0.1, -0.05) is 0 Å². The van der Waals surface area contributed by atoms with E-state index in [9.17, 15) is 4.79 Å². The van der Waals surface area contributed by atoms with Crippen LogP contribution in [-0.4, -0.2) is 12.4 Å². The Kier molecular flexibility index (Phi) is 69.6. The summed E-state index contributed by atoms with van der Waals surface area (Å²) in [4.78, 5) is 9.74. The molecule has 13 heteroatoms. The van der Waals surface area contributed by atoms with Gasteiger partial charge in [0.2, 0.25) is 0 Å². The van der Waals surface area contributed by atoms with Gasteiger partial charge in [-0.05, 0) is 0 Å². The molecule has 0 saturated heterocycles. The van der Waals surface area contributed by atoms with E-state index in [1.165, 1.54) is 0 Å². The van der Waals surface area contributed by atoms with E-state index in [2.05, 4.69) is 11.7 Å². The van der Waals surface area contributed by atoms with Crippen LogP contribution in [0.4, 0.5) is 0 Å². The van der Waals surface area contributed by atoms with E-state index in [0.29, 0.717) is 5.70 Å². The summed E-state index contributed by atoms with van der Waals surface area (Å²) < 4.78 is 11.7. The third kappa shape index (κ3) is 20.0. The monoisotopic (exact) mass is 1610 g/mol. The van der Waals surface area contributed by atoms with Gasteiger partial charge >= 0.3 is 91.9 Å². The second-order valence-electron chi connectivity index (χ2n) is 1.61. The molecule has 0 aliphatic carbocycles. The van der Waals surface area contributed by atoms with Gasteiger partial charge in [0.15, 0.2) is 0 Å². The number of ether oxygens (including phenoxy) is 1. The van der Waals surface area contributed by atoms with Gasteiger partial charge in [-0.25, -0.2) is 0 Å². The summed E-state index contributed by atoms with van der Waals surface area (Å²) in [6.45, 7) is 2.77. The maximum Gasteiger partial charge on any atom is 0 e. The number of hydrogen-bond acceptors (Lipinski definition) is 4. The van der Waals surface area contributed by atoms with Crippen LogP contribution in [0.3, 0.4) is 0 Å². The molecule has 0 rings (SSSR count). The van der Waals surface area contributed by atoms with E-state index in [1.807, 2.05) is 0 Å². The average molecular weight is 1610 g/mol. The van der Waals surface area contributed by atoms with Crippen molar-refractivity contribution in [2.24, 2.45) is 6.99 Å². The van der Waals surface area contributed by atoms with Crippen molar-refractivity contribution < 1.29 is 175 Å². The molecule has 0 spiro atoms. The summed E-state index contributed by atoms with van der Waals surface area (Å²) in [6.07, 6.45) is 0. The standard InChI is InChI=1S/C5H3N3O2.8W/c1-3(6)4(7)5(8)10-2-9;;;;;;;;/h1H3;;;;;;;;/q-2;;;;;;;;. The molecule has 0 radical (unpaired) electrons. The fourth-order valence-electron chi connectivity index (χ4n) is 0.391. The normalized spacial score (nSPS) is 7.39. The van der Waals surface area contributed by atoms with Crippen molar-refractivity contribution in [1.82, 2.24) is 0 Å². The minimum atomic E-state index is -0.553. The molecular weight excluding hydrogens is 1600 g/mol. The maximum absolute atomic E-state index is 9.74. The summed E-state index contributed by atoms with van der Waals surface area (Å²) in [5.41, 5.74) is 0.733. The Morgan fingerprint density at radius 3 is 1.67 bits per heavy atom. The molecule has 0 aromatic carbocycles. The molecule has 0 saturated carbocycles. The SMILES string of the molecule is CC([N]=[W])=C([N]=[W])C(=[N-])O[C-]=O.[W].[W].[W].[W].[W].[W]. The molecule has 0 aromatic heterocycles. The summed E-state index contributed by atoms with van der Waals surface area (Å²) in [5.74, 6) is -0.553. The first-order chi connectivity index (χ1) is 5.67. The minimum Gasteiger partial charge on any atom is 0 e. The van der Waals surface area contributed by atoms with Crippen molar-refractivity contribution in [3.63, 3.8) is 0 Å². The van der Waals surface area contributed by atoms with Crippen LogP contribution in [0.1, 0.15) is 6.92 Å². The second kappa shape index (κ2) is 29.1. The summed E-state index contributed by atoms with van der Waals surface area (Å²) in [5, 5.41) is 9.05. The third-order valence-corrected chi connectivity index (χ3v) is 2.55. The van der Waals surface area contributed by atoms with Crippen LogP contribution in [0.25, 0.3) is 5.41 Å². The van der Waals surface area contributed by atoms with Crippen LogP contribution < -0.4 is 0 Å². The largest absolute Gasteiger partial charge is 0 e. The minimum absolute atomic E-state index is 0. The Bertz CT molecular complexity index is 271. The number of allylic oxidation sites excluding steroid dienone is 1. The Labute approximate surface area is 214 Å². The van der Waals surface area contributed by atoms with Crippen molar-refractivity contribution in [1.29, 1.82) is 0 Å². The van der Waals surface area contributed by atoms with Crippen LogP contribution >= 0.6 is 0 Å². The van der Waals surface area contributed by atoms with Crippen LogP contribution in [0.15, 0.2) is 18.4 Å². The fourth-order valence-corrected chi connectivity index (χ4v) is 1.46. The number of carbonyl (C=O) groups excluding carboxylic acids is 1. The van der Waals surface area contributed by atoms with Gasteiger partial charge in [-0.15, -0.1) is 0 Å². The summed E-state index contributed by atoms with van der Waals surface area (Å²) >= 11 is 1.88. The van der Waals surface area contributed by atoms with E-state index in [0.717, 1.165) is 45.7 Å². The van der Waals surface area contributed by atoms with Gasteiger partial charge in [-0.3, -0.25) is 0 Å². The van der Waals surface area contributed by atoms with E-state index < -0.39 is 5.90 Å². The number of nitrogens with zero attached hydrogens (tertiary/aromatic N) is 3. The van der Waals surface area contributed by atoms with Gasteiger partial charge in [0, 0.05) is 126 Å². The van der Waals surface area contributed by atoms with Crippen LogP contribution in [0.2, 0.25) is 0 Å². The first kappa shape index (κ1) is 43.1. The van der Waals surface area contributed by atoms with Gasteiger partial charge in [-0.2, -0.15) is 0 Å². The fraction of sp³-hybridized carbons (Fsp3) is 0.200. The van der Waals surface area contributed by atoms with Crippen LogP contribution in [-0.2, 0) is 175 Å². The molecule has 100 valence electrons. The summed E-state index contributed by atoms with van der Waals surface area (Å²) in [7, 11) is 0. The smallest absolute Gasteiger partial charge is 0 e. The second-order valence-corrected chi connectivity index (χ2v) is 2.92. The van der Waals surface area contributed by atoms with E-state index in [1.54, 1.807) is 6.92 Å². The Hall–Kier alpha value is 3.99. The van der Waals surface area contributed by atoms with Crippen molar-refractivity contribution >= 4 is 12.4 Å². The van der Waals surface area contributed by atoms with Crippen molar-refractivity contribution in [2.75, 3.05) is 0 Å². The summed E-state index contributed by atoms with van der Waals surface area (Å²) in [6, 6.07) is 0. The molecule has 0 aliphatic rings. The maximum atomic E-state index is 9.74. The molecule has 0 N–H and O–H groups in total. The first-order valence-corrected chi connectivity index (χ1v) is 5.27. The molecular formula is C5H3N3O2W8-2. The predicted octanol–water partition coefficient (Wildman–Crippen LogP) is 0.715. The third-order valence-electron chi connectivity index (χ3n) is 0.912. The molecule has 0 atom stereocenters. The molecule has 0 aromatic rings. The van der Waals surface area contributed by atoms with Gasteiger partial charge in [0.1, 0.15) is 0 Å². The van der Waals surface area contributed by atoms with Crippen molar-refractivity contribution in [3.05, 3.63) is 16.8 Å². The Morgan fingerprint density at radius 2 is 1.44 bits per heavy atom.